The van der Waals surface area contributed by atoms with Gasteiger partial charge in [0, 0.05) is 28.6 Å². The van der Waals surface area contributed by atoms with Gasteiger partial charge >= 0.3 is 12.1 Å². The Balaban J connectivity index is 2.13. The van der Waals surface area contributed by atoms with E-state index in [9.17, 15) is 26.7 Å². The van der Waals surface area contributed by atoms with E-state index in [4.69, 9.17) is 11.6 Å². The first-order valence-corrected chi connectivity index (χ1v) is 9.09. The van der Waals surface area contributed by atoms with Gasteiger partial charge in [0.05, 0.1) is 28.5 Å². The highest BCUT2D eigenvalue weighted by atomic mass is 35.5. The molecule has 0 saturated carbocycles. The van der Waals surface area contributed by atoms with Crippen LogP contribution in [0.3, 0.4) is 0 Å². The van der Waals surface area contributed by atoms with Crippen molar-refractivity contribution in [2.24, 2.45) is 0 Å². The molecule has 0 bridgehead atoms. The van der Waals surface area contributed by atoms with Gasteiger partial charge in [-0.1, -0.05) is 17.7 Å². The van der Waals surface area contributed by atoms with E-state index in [0.29, 0.717) is 21.9 Å². The van der Waals surface area contributed by atoms with Gasteiger partial charge in [0.1, 0.15) is 0 Å². The van der Waals surface area contributed by atoms with Gasteiger partial charge in [0.15, 0.2) is 0 Å². The summed E-state index contributed by atoms with van der Waals surface area (Å²) in [5.74, 6) is -4.97. The largest absolute Gasteiger partial charge is 0.455 e. The lowest BCUT2D eigenvalue weighted by Crippen LogP contribution is -2.40. The molecule has 0 saturated heterocycles. The zero-order chi connectivity index (χ0) is 21.8. The number of alkyl halides is 5. The van der Waals surface area contributed by atoms with Crippen LogP contribution in [-0.2, 0) is 6.54 Å². The number of pyridine rings is 2. The molecule has 0 aliphatic carbocycles. The van der Waals surface area contributed by atoms with E-state index in [1.165, 1.54) is 24.4 Å². The Kier molecular flexibility index (Phi) is 4.61. The number of benzene rings is 1. The molecule has 4 nitrogen and oxygen atoms in total. The SMILES string of the molecule is Cc1c(-c2ccccn2)n(CC(F)(F)C(F)(F)F)c2ccc3[nH]c(=O)cc(Cl)c3c12. The topological polar surface area (TPSA) is 50.7 Å². The molecule has 4 aromatic rings. The summed E-state index contributed by atoms with van der Waals surface area (Å²) in [5.41, 5.74) is 0.773. The van der Waals surface area contributed by atoms with Crippen LogP contribution < -0.4 is 5.56 Å². The number of hydrogen-bond acceptors (Lipinski definition) is 2. The lowest BCUT2D eigenvalue weighted by molar-refractivity contribution is -0.286. The molecule has 3 aromatic heterocycles. The van der Waals surface area contributed by atoms with Crippen molar-refractivity contribution in [1.82, 2.24) is 14.5 Å². The maximum Gasteiger partial charge on any atom is 0.455 e. The Hall–Kier alpha value is -2.94. The Bertz CT molecular complexity index is 1330. The second-order valence-electron chi connectivity index (χ2n) is 6.84. The number of aryl methyl sites for hydroxylation is 1. The summed E-state index contributed by atoms with van der Waals surface area (Å²) in [7, 11) is 0. The standard InChI is InChI=1S/C20H13ClF5N3O/c1-10-16-14(6-5-12-17(16)11(21)8-15(30)28-12)29(9-19(22,23)20(24,25)26)18(10)13-4-2-3-7-27-13/h2-8H,9H2,1H3,(H,28,30). The van der Waals surface area contributed by atoms with Crippen molar-refractivity contribution >= 4 is 33.4 Å². The van der Waals surface area contributed by atoms with Gasteiger partial charge in [-0.05, 0) is 36.8 Å². The number of hydrogen-bond donors (Lipinski definition) is 1. The van der Waals surface area contributed by atoms with Crippen LogP contribution in [0.2, 0.25) is 5.02 Å². The van der Waals surface area contributed by atoms with E-state index in [1.54, 1.807) is 19.1 Å². The van der Waals surface area contributed by atoms with E-state index < -0.39 is 24.2 Å². The highest BCUT2D eigenvalue weighted by Crippen LogP contribution is 2.42. The lowest BCUT2D eigenvalue weighted by atomic mass is 10.1. The zero-order valence-corrected chi connectivity index (χ0v) is 16.1. The third kappa shape index (κ3) is 3.13. The summed E-state index contributed by atoms with van der Waals surface area (Å²) >= 11 is 6.25. The average molecular weight is 442 g/mol. The quantitative estimate of drug-likeness (QED) is 0.414. The molecular weight excluding hydrogens is 429 g/mol. The van der Waals surface area contributed by atoms with Crippen LogP contribution in [0.4, 0.5) is 22.0 Å². The molecule has 0 aliphatic rings. The van der Waals surface area contributed by atoms with Crippen molar-refractivity contribution in [3.05, 3.63) is 63.5 Å². The predicted molar refractivity (Wildman–Crippen MR) is 104 cm³/mol. The molecule has 4 rings (SSSR count). The molecule has 3 heterocycles. The number of halogens is 6. The Morgan fingerprint density at radius 1 is 1.10 bits per heavy atom. The fourth-order valence-corrected chi connectivity index (χ4v) is 3.93. The van der Waals surface area contributed by atoms with E-state index in [1.807, 2.05) is 0 Å². The molecule has 1 aromatic carbocycles. The average Bonchev–Trinajstić information content (AvgIpc) is 2.92. The summed E-state index contributed by atoms with van der Waals surface area (Å²) < 4.78 is 68.0. The predicted octanol–water partition coefficient (Wildman–Crippen LogP) is 5.70. The Morgan fingerprint density at radius 2 is 1.83 bits per heavy atom. The normalized spacial score (nSPS) is 12.8. The molecule has 30 heavy (non-hydrogen) atoms. The van der Waals surface area contributed by atoms with Crippen molar-refractivity contribution in [3.8, 4) is 11.4 Å². The minimum absolute atomic E-state index is 0.0646. The van der Waals surface area contributed by atoms with Gasteiger partial charge in [-0.2, -0.15) is 22.0 Å². The number of fused-ring (bicyclic) bond motifs is 3. The molecule has 0 atom stereocenters. The second-order valence-corrected chi connectivity index (χ2v) is 7.25. The van der Waals surface area contributed by atoms with E-state index in [0.717, 1.165) is 10.6 Å². The van der Waals surface area contributed by atoms with Crippen molar-refractivity contribution in [2.75, 3.05) is 0 Å². The van der Waals surface area contributed by atoms with Gasteiger partial charge in [-0.3, -0.25) is 9.78 Å². The Morgan fingerprint density at radius 3 is 2.47 bits per heavy atom. The fourth-order valence-electron chi connectivity index (χ4n) is 3.63. The number of nitrogens with one attached hydrogen (secondary N) is 1. The molecule has 0 aliphatic heterocycles. The minimum Gasteiger partial charge on any atom is -0.332 e. The number of nitrogens with zero attached hydrogens (tertiary/aromatic N) is 2. The van der Waals surface area contributed by atoms with Crippen LogP contribution >= 0.6 is 11.6 Å². The molecule has 0 amide bonds. The molecule has 156 valence electrons. The van der Waals surface area contributed by atoms with E-state index >= 15 is 0 Å². The van der Waals surface area contributed by atoms with Crippen molar-refractivity contribution in [2.45, 2.75) is 25.6 Å². The number of aromatic amines is 1. The smallest absolute Gasteiger partial charge is 0.332 e. The summed E-state index contributed by atoms with van der Waals surface area (Å²) in [6, 6.07) is 8.67. The highest BCUT2D eigenvalue weighted by Gasteiger charge is 2.57. The van der Waals surface area contributed by atoms with E-state index in [2.05, 4.69) is 9.97 Å². The summed E-state index contributed by atoms with van der Waals surface area (Å²) in [6.07, 6.45) is -4.31. The summed E-state index contributed by atoms with van der Waals surface area (Å²) in [6.45, 7) is -0.0331. The molecule has 1 N–H and O–H groups in total. The van der Waals surface area contributed by atoms with Gasteiger partial charge < -0.3 is 9.55 Å². The summed E-state index contributed by atoms with van der Waals surface area (Å²) in [4.78, 5) is 18.5. The first kappa shape index (κ1) is 20.3. The van der Waals surface area contributed by atoms with Gasteiger partial charge in [0.25, 0.3) is 0 Å². The third-order valence-corrected chi connectivity index (χ3v) is 5.21. The lowest BCUT2D eigenvalue weighted by Gasteiger charge is -2.22. The maximum absolute atomic E-state index is 14.1. The number of rotatable bonds is 3. The first-order chi connectivity index (χ1) is 14.0. The van der Waals surface area contributed by atoms with Gasteiger partial charge in [0.2, 0.25) is 5.56 Å². The second kappa shape index (κ2) is 6.80. The minimum atomic E-state index is -5.72. The van der Waals surface area contributed by atoms with Crippen LogP contribution in [0.1, 0.15) is 5.56 Å². The van der Waals surface area contributed by atoms with Crippen LogP contribution in [-0.4, -0.2) is 26.6 Å². The van der Waals surface area contributed by atoms with Gasteiger partial charge in [-0.25, -0.2) is 0 Å². The number of aromatic nitrogens is 3. The number of H-pyrrole nitrogens is 1. The van der Waals surface area contributed by atoms with Crippen LogP contribution in [0.5, 0.6) is 0 Å². The monoisotopic (exact) mass is 441 g/mol. The van der Waals surface area contributed by atoms with Crippen molar-refractivity contribution in [3.63, 3.8) is 0 Å². The molecule has 0 unspecified atom stereocenters. The third-order valence-electron chi connectivity index (χ3n) is 4.91. The van der Waals surface area contributed by atoms with Crippen molar-refractivity contribution in [1.29, 1.82) is 0 Å². The molecule has 0 radical (unpaired) electrons. The maximum atomic E-state index is 14.1. The van der Waals surface area contributed by atoms with Crippen LogP contribution in [0.25, 0.3) is 33.2 Å². The molecule has 0 fully saturated rings. The van der Waals surface area contributed by atoms with Gasteiger partial charge in [-0.15, -0.1) is 0 Å². The highest BCUT2D eigenvalue weighted by molar-refractivity contribution is 6.37. The first-order valence-electron chi connectivity index (χ1n) is 8.71. The van der Waals surface area contributed by atoms with E-state index in [-0.39, 0.29) is 21.9 Å². The van der Waals surface area contributed by atoms with Crippen LogP contribution in [0, 0.1) is 6.92 Å². The molecule has 10 heteroatoms. The van der Waals surface area contributed by atoms with Crippen LogP contribution in [0.15, 0.2) is 47.4 Å². The fraction of sp³-hybridized carbons (Fsp3) is 0.200. The molecule has 0 spiro atoms. The summed E-state index contributed by atoms with van der Waals surface area (Å²) in [5, 5.41) is 0.791. The van der Waals surface area contributed by atoms with Crippen molar-refractivity contribution < 1.29 is 22.0 Å². The molecular formula is C20H13ClF5N3O. The zero-order valence-electron chi connectivity index (χ0n) is 15.3. The Labute approximate surface area is 170 Å².